The van der Waals surface area contributed by atoms with E-state index in [1.54, 1.807) is 0 Å². The third-order valence-corrected chi connectivity index (χ3v) is 5.77. The van der Waals surface area contributed by atoms with E-state index in [4.69, 9.17) is 0 Å². The van der Waals surface area contributed by atoms with Crippen LogP contribution < -0.4 is 5.32 Å². The maximum absolute atomic E-state index is 12.8. The first-order chi connectivity index (χ1) is 12.2. The summed E-state index contributed by atoms with van der Waals surface area (Å²) in [6.45, 7) is 3.75. The number of aryl methyl sites for hydroxylation is 1. The zero-order valence-electron chi connectivity index (χ0n) is 14.8. The first kappa shape index (κ1) is 16.3. The van der Waals surface area contributed by atoms with E-state index in [9.17, 15) is 4.79 Å². The van der Waals surface area contributed by atoms with Crippen LogP contribution in [-0.4, -0.2) is 30.0 Å². The fraction of sp³-hybridized carbons (Fsp3) is 0.409. The number of likely N-dealkylation sites (tertiary alicyclic amines) is 1. The molecule has 1 heterocycles. The number of rotatable bonds is 5. The molecule has 3 heteroatoms. The van der Waals surface area contributed by atoms with Crippen molar-refractivity contribution in [3.63, 3.8) is 0 Å². The summed E-state index contributed by atoms with van der Waals surface area (Å²) in [5.41, 5.74) is 5.13. The number of benzene rings is 2. The second-order valence-electron chi connectivity index (χ2n) is 7.64. The molecule has 1 fully saturated rings. The largest absolute Gasteiger partial charge is 0.321 e. The molecule has 0 atom stereocenters. The monoisotopic (exact) mass is 335 g/mol. The van der Waals surface area contributed by atoms with E-state index < -0.39 is 0 Å². The van der Waals surface area contributed by atoms with Crippen LogP contribution >= 0.6 is 0 Å². The van der Waals surface area contributed by atoms with Gasteiger partial charge in [0.15, 0.2) is 6.54 Å². The molecule has 1 saturated heterocycles. The molecular formula is C22H27N2O+. The van der Waals surface area contributed by atoms with Crippen LogP contribution in [0.1, 0.15) is 36.0 Å². The van der Waals surface area contributed by atoms with Gasteiger partial charge >= 0.3 is 0 Å². The summed E-state index contributed by atoms with van der Waals surface area (Å²) < 4.78 is 0.894. The fourth-order valence-electron chi connectivity index (χ4n) is 4.58. The van der Waals surface area contributed by atoms with Crippen LogP contribution in [0.3, 0.4) is 0 Å². The van der Waals surface area contributed by atoms with Gasteiger partial charge in [-0.3, -0.25) is 4.79 Å². The number of fused-ring (bicyclic) bond motifs is 1. The standard InChI is InChI=1S/C22H26N2O/c25-22(23-21-13-7-11-19-10-6-12-20(19)21)17-24(14-4-5-15-24)16-18-8-2-1-3-9-18/h1-3,7-9,11,13H,4-6,10,12,14-17H2/p+1. The van der Waals surface area contributed by atoms with Gasteiger partial charge in [-0.2, -0.15) is 0 Å². The molecule has 0 saturated carbocycles. The summed E-state index contributed by atoms with van der Waals surface area (Å²) in [5, 5.41) is 3.23. The highest BCUT2D eigenvalue weighted by atomic mass is 16.2. The average molecular weight is 335 g/mol. The van der Waals surface area contributed by atoms with Crippen LogP contribution in [0.4, 0.5) is 5.69 Å². The molecule has 1 N–H and O–H groups in total. The number of anilines is 1. The lowest BCUT2D eigenvalue weighted by Gasteiger charge is -2.33. The van der Waals surface area contributed by atoms with Crippen LogP contribution in [0.25, 0.3) is 0 Å². The van der Waals surface area contributed by atoms with E-state index in [1.165, 1.54) is 36.0 Å². The Morgan fingerprint density at radius 3 is 2.52 bits per heavy atom. The van der Waals surface area contributed by atoms with Gasteiger partial charge in [0.05, 0.1) is 13.1 Å². The molecule has 2 aliphatic rings. The van der Waals surface area contributed by atoms with Crippen molar-refractivity contribution in [2.24, 2.45) is 0 Å². The van der Waals surface area contributed by atoms with E-state index in [1.807, 2.05) is 0 Å². The fourth-order valence-corrected chi connectivity index (χ4v) is 4.58. The summed E-state index contributed by atoms with van der Waals surface area (Å²) in [7, 11) is 0. The van der Waals surface area contributed by atoms with Gasteiger partial charge in [-0.15, -0.1) is 0 Å². The summed E-state index contributed by atoms with van der Waals surface area (Å²) >= 11 is 0. The molecule has 0 radical (unpaired) electrons. The van der Waals surface area contributed by atoms with Crippen LogP contribution in [0.2, 0.25) is 0 Å². The third-order valence-electron chi connectivity index (χ3n) is 5.77. The van der Waals surface area contributed by atoms with Gasteiger partial charge in [-0.25, -0.2) is 0 Å². The second-order valence-corrected chi connectivity index (χ2v) is 7.64. The Hall–Kier alpha value is -2.13. The molecule has 0 unspecified atom stereocenters. The maximum Gasteiger partial charge on any atom is 0.279 e. The van der Waals surface area contributed by atoms with E-state index in [2.05, 4.69) is 53.8 Å². The topological polar surface area (TPSA) is 29.1 Å². The first-order valence-corrected chi connectivity index (χ1v) is 9.54. The summed E-state index contributed by atoms with van der Waals surface area (Å²) in [6.07, 6.45) is 5.89. The number of hydrogen-bond acceptors (Lipinski definition) is 1. The lowest BCUT2D eigenvalue weighted by molar-refractivity contribution is -0.922. The van der Waals surface area contributed by atoms with Crippen molar-refractivity contribution >= 4 is 11.6 Å². The lowest BCUT2D eigenvalue weighted by atomic mass is 10.1. The molecule has 0 bridgehead atoms. The summed E-state index contributed by atoms with van der Waals surface area (Å²) in [4.78, 5) is 12.8. The third kappa shape index (κ3) is 3.62. The van der Waals surface area contributed by atoms with Gasteiger partial charge < -0.3 is 9.80 Å². The van der Waals surface area contributed by atoms with Gasteiger partial charge in [0.25, 0.3) is 5.91 Å². The van der Waals surface area contributed by atoms with Crippen molar-refractivity contribution in [1.82, 2.24) is 0 Å². The number of nitrogens with one attached hydrogen (secondary N) is 1. The molecule has 1 aliphatic carbocycles. The molecule has 0 aromatic heterocycles. The number of amides is 1. The van der Waals surface area contributed by atoms with E-state index >= 15 is 0 Å². The maximum atomic E-state index is 12.8. The van der Waals surface area contributed by atoms with Gasteiger partial charge in [0.2, 0.25) is 0 Å². The van der Waals surface area contributed by atoms with E-state index in [-0.39, 0.29) is 5.91 Å². The van der Waals surface area contributed by atoms with Crippen LogP contribution in [0.15, 0.2) is 48.5 Å². The number of carbonyl (C=O) groups excluding carboxylic acids is 1. The average Bonchev–Trinajstić information content (AvgIpc) is 3.26. The number of quaternary nitrogens is 1. The minimum Gasteiger partial charge on any atom is -0.321 e. The van der Waals surface area contributed by atoms with Gasteiger partial charge in [-0.1, -0.05) is 42.5 Å². The zero-order valence-corrected chi connectivity index (χ0v) is 14.8. The minimum atomic E-state index is 0.165. The lowest BCUT2D eigenvalue weighted by Crippen LogP contribution is -2.49. The molecule has 130 valence electrons. The Bertz CT molecular complexity index is 748. The highest BCUT2D eigenvalue weighted by Gasteiger charge is 2.34. The number of hydrogen-bond donors (Lipinski definition) is 1. The van der Waals surface area contributed by atoms with Crippen molar-refractivity contribution in [2.45, 2.75) is 38.6 Å². The van der Waals surface area contributed by atoms with Crippen LogP contribution in [-0.2, 0) is 24.2 Å². The van der Waals surface area contributed by atoms with Gasteiger partial charge in [-0.05, 0) is 36.5 Å². The molecule has 4 rings (SSSR count). The summed E-state index contributed by atoms with van der Waals surface area (Å²) in [6, 6.07) is 16.9. The first-order valence-electron chi connectivity index (χ1n) is 9.54. The number of carbonyl (C=O) groups is 1. The van der Waals surface area contributed by atoms with Gasteiger partial charge in [0.1, 0.15) is 6.54 Å². The highest BCUT2D eigenvalue weighted by Crippen LogP contribution is 2.29. The summed E-state index contributed by atoms with van der Waals surface area (Å²) in [5.74, 6) is 0.165. The zero-order chi connectivity index (χ0) is 17.1. The van der Waals surface area contributed by atoms with Crippen molar-refractivity contribution < 1.29 is 9.28 Å². The van der Waals surface area contributed by atoms with Gasteiger partial charge in [0, 0.05) is 24.1 Å². The Kier molecular flexibility index (Phi) is 4.58. The van der Waals surface area contributed by atoms with Crippen molar-refractivity contribution in [1.29, 1.82) is 0 Å². The smallest absolute Gasteiger partial charge is 0.279 e. The molecule has 1 aliphatic heterocycles. The van der Waals surface area contributed by atoms with Crippen LogP contribution in [0, 0.1) is 0 Å². The Balaban J connectivity index is 1.47. The Labute approximate surface area is 150 Å². The quantitative estimate of drug-likeness (QED) is 0.824. The molecule has 3 nitrogen and oxygen atoms in total. The predicted molar refractivity (Wildman–Crippen MR) is 101 cm³/mol. The van der Waals surface area contributed by atoms with Crippen LogP contribution in [0.5, 0.6) is 0 Å². The Morgan fingerprint density at radius 2 is 1.72 bits per heavy atom. The highest BCUT2D eigenvalue weighted by molar-refractivity contribution is 5.92. The molecular weight excluding hydrogens is 308 g/mol. The van der Waals surface area contributed by atoms with E-state index in [0.29, 0.717) is 6.54 Å². The molecule has 2 aromatic rings. The second kappa shape index (κ2) is 7.01. The molecule has 0 spiro atoms. The Morgan fingerprint density at radius 1 is 0.920 bits per heavy atom. The molecule has 25 heavy (non-hydrogen) atoms. The number of nitrogens with zero attached hydrogens (tertiary/aromatic N) is 1. The normalized spacial score (nSPS) is 18.1. The van der Waals surface area contributed by atoms with Crippen molar-refractivity contribution in [3.8, 4) is 0 Å². The SMILES string of the molecule is O=C(C[N+]1(Cc2ccccc2)CCCC1)Nc1cccc2c1CCC2. The minimum absolute atomic E-state index is 0.165. The van der Waals surface area contributed by atoms with Crippen molar-refractivity contribution in [2.75, 3.05) is 25.0 Å². The molecule has 1 amide bonds. The molecule has 2 aromatic carbocycles. The predicted octanol–water partition coefficient (Wildman–Crippen LogP) is 3.92. The van der Waals surface area contributed by atoms with Crippen molar-refractivity contribution in [3.05, 3.63) is 65.2 Å². The van der Waals surface area contributed by atoms with E-state index in [0.717, 1.165) is 42.6 Å².